The van der Waals surface area contributed by atoms with Gasteiger partial charge in [0.2, 0.25) is 0 Å². The molecule has 6 nitrogen and oxygen atoms in total. The summed E-state index contributed by atoms with van der Waals surface area (Å²) < 4.78 is 17.8. The SMILES string of the molecule is CO[C@H]1[C@H]2C(O)O[C@@H]1[C@]1(C)CCC3(C(=O)O)CCC(C(C)C)=C3[C@H]1C[C@H]2OC. The standard InChI is InChI=1S/C22H34O6/c1-11(2)12-6-7-22(20(24)25)9-8-21(3)13(16(12)22)10-14(26-4)15-17(27-5)18(21)28-19(15)23/h11,13-15,17-19,23H,6-10H2,1-5H3,(H,24,25)/t13-,14-,15+,17+,18+,19?,21-,22?/m1/s1. The Morgan fingerprint density at radius 1 is 1.21 bits per heavy atom. The highest BCUT2D eigenvalue weighted by Crippen LogP contribution is 2.65. The number of methoxy groups -OCH3 is 2. The number of aliphatic hydroxyl groups is 1. The third kappa shape index (κ3) is 2.51. The second kappa shape index (κ2) is 6.79. The quantitative estimate of drug-likeness (QED) is 0.713. The van der Waals surface area contributed by atoms with Crippen molar-refractivity contribution >= 4 is 5.97 Å². The molecule has 1 heterocycles. The van der Waals surface area contributed by atoms with Crippen LogP contribution in [0.15, 0.2) is 11.1 Å². The van der Waals surface area contributed by atoms with Gasteiger partial charge in [-0.05, 0) is 49.5 Å². The summed E-state index contributed by atoms with van der Waals surface area (Å²) in [4.78, 5) is 12.5. The van der Waals surface area contributed by atoms with E-state index in [4.69, 9.17) is 14.2 Å². The van der Waals surface area contributed by atoms with Gasteiger partial charge in [-0.3, -0.25) is 4.79 Å². The Morgan fingerprint density at radius 3 is 2.50 bits per heavy atom. The van der Waals surface area contributed by atoms with E-state index in [0.29, 0.717) is 25.2 Å². The van der Waals surface area contributed by atoms with Crippen molar-refractivity contribution in [3.8, 4) is 0 Å². The second-order valence-electron chi connectivity index (χ2n) is 9.77. The number of carboxylic acid groups (broad SMARTS) is 1. The molecule has 4 aliphatic rings. The van der Waals surface area contributed by atoms with E-state index in [9.17, 15) is 15.0 Å². The fourth-order valence-electron chi connectivity index (χ4n) is 6.92. The van der Waals surface area contributed by atoms with Gasteiger partial charge in [-0.25, -0.2) is 0 Å². The van der Waals surface area contributed by atoms with Crippen LogP contribution in [0.25, 0.3) is 0 Å². The lowest BCUT2D eigenvalue weighted by Gasteiger charge is -2.52. The van der Waals surface area contributed by atoms with Crippen LogP contribution in [0.3, 0.4) is 0 Å². The molecule has 8 atom stereocenters. The first-order valence-corrected chi connectivity index (χ1v) is 10.6. The molecular formula is C22H34O6. The van der Waals surface area contributed by atoms with E-state index < -0.39 is 17.7 Å². The van der Waals surface area contributed by atoms with Crippen LogP contribution in [-0.4, -0.2) is 55.0 Å². The first kappa shape index (κ1) is 20.3. The van der Waals surface area contributed by atoms with Crippen LogP contribution < -0.4 is 0 Å². The van der Waals surface area contributed by atoms with E-state index in [1.165, 1.54) is 5.57 Å². The first-order valence-electron chi connectivity index (χ1n) is 10.6. The number of allylic oxidation sites excluding steroid dienone is 1. The fourth-order valence-corrected chi connectivity index (χ4v) is 6.92. The Kier molecular flexibility index (Phi) is 4.93. The summed E-state index contributed by atoms with van der Waals surface area (Å²) in [5.41, 5.74) is 1.39. The zero-order chi connectivity index (χ0) is 20.4. The molecule has 3 aliphatic carbocycles. The maximum absolute atomic E-state index is 12.5. The lowest BCUT2D eigenvalue weighted by molar-refractivity contribution is -0.184. The average Bonchev–Trinajstić information content (AvgIpc) is 3.17. The van der Waals surface area contributed by atoms with Gasteiger partial charge in [0.05, 0.1) is 29.6 Å². The molecule has 2 N–H and O–H groups in total. The monoisotopic (exact) mass is 394 g/mol. The van der Waals surface area contributed by atoms with Crippen molar-refractivity contribution in [3.63, 3.8) is 0 Å². The van der Waals surface area contributed by atoms with Gasteiger partial charge < -0.3 is 24.4 Å². The van der Waals surface area contributed by atoms with E-state index in [1.807, 2.05) is 0 Å². The molecule has 2 bridgehead atoms. The number of carbonyl (C=O) groups is 1. The van der Waals surface area contributed by atoms with Gasteiger partial charge in [0.25, 0.3) is 0 Å². The summed E-state index contributed by atoms with van der Waals surface area (Å²) in [6, 6.07) is 0. The van der Waals surface area contributed by atoms with Crippen LogP contribution >= 0.6 is 0 Å². The molecular weight excluding hydrogens is 360 g/mol. The molecule has 2 unspecified atom stereocenters. The summed E-state index contributed by atoms with van der Waals surface area (Å²) in [5.74, 6) is -0.564. The highest BCUT2D eigenvalue weighted by atomic mass is 16.6. The molecule has 6 heteroatoms. The number of carboxylic acids is 1. The number of ether oxygens (including phenoxy) is 3. The van der Waals surface area contributed by atoms with Crippen LogP contribution in [-0.2, 0) is 19.0 Å². The van der Waals surface area contributed by atoms with Crippen molar-refractivity contribution in [2.24, 2.45) is 28.6 Å². The zero-order valence-electron chi connectivity index (χ0n) is 17.6. The van der Waals surface area contributed by atoms with Crippen molar-refractivity contribution in [3.05, 3.63) is 11.1 Å². The third-order valence-corrected chi connectivity index (χ3v) is 8.44. The number of fused-ring (bicyclic) bond motifs is 6. The number of hydrogen-bond donors (Lipinski definition) is 2. The normalized spacial score (nSPS) is 47.8. The molecule has 0 aromatic heterocycles. The minimum absolute atomic E-state index is 0.0577. The molecule has 1 aliphatic heterocycles. The Bertz CT molecular complexity index is 687. The molecule has 3 fully saturated rings. The Balaban J connectivity index is 1.89. The summed E-state index contributed by atoms with van der Waals surface area (Å²) in [6.07, 6.45) is 1.96. The minimum atomic E-state index is -0.911. The smallest absolute Gasteiger partial charge is 0.313 e. The van der Waals surface area contributed by atoms with Gasteiger partial charge in [0, 0.05) is 19.6 Å². The maximum Gasteiger partial charge on any atom is 0.313 e. The highest BCUT2D eigenvalue weighted by Gasteiger charge is 2.66. The second-order valence-corrected chi connectivity index (χ2v) is 9.77. The largest absolute Gasteiger partial charge is 0.481 e. The van der Waals surface area contributed by atoms with E-state index in [1.54, 1.807) is 14.2 Å². The molecule has 0 aromatic carbocycles. The van der Waals surface area contributed by atoms with Crippen LogP contribution in [0.2, 0.25) is 0 Å². The summed E-state index contributed by atoms with van der Waals surface area (Å²) >= 11 is 0. The summed E-state index contributed by atoms with van der Waals surface area (Å²) in [6.45, 7) is 6.54. The molecule has 0 aromatic rings. The summed E-state index contributed by atoms with van der Waals surface area (Å²) in [7, 11) is 3.33. The lowest BCUT2D eigenvalue weighted by Crippen LogP contribution is -2.52. The van der Waals surface area contributed by atoms with Gasteiger partial charge in [-0.2, -0.15) is 0 Å². The lowest BCUT2D eigenvalue weighted by atomic mass is 9.53. The number of rotatable bonds is 4. The van der Waals surface area contributed by atoms with Crippen molar-refractivity contribution in [1.82, 2.24) is 0 Å². The third-order valence-electron chi connectivity index (χ3n) is 8.44. The summed E-state index contributed by atoms with van der Waals surface area (Å²) in [5, 5.41) is 20.9. The molecule has 4 rings (SSSR count). The van der Waals surface area contributed by atoms with Gasteiger partial charge in [-0.1, -0.05) is 26.3 Å². The van der Waals surface area contributed by atoms with Crippen molar-refractivity contribution in [2.45, 2.75) is 77.5 Å². The van der Waals surface area contributed by atoms with Gasteiger partial charge >= 0.3 is 5.97 Å². The zero-order valence-corrected chi connectivity index (χ0v) is 17.6. The predicted molar refractivity (Wildman–Crippen MR) is 103 cm³/mol. The first-order chi connectivity index (χ1) is 13.2. The number of hydrogen-bond acceptors (Lipinski definition) is 5. The Hall–Kier alpha value is -0.950. The fraction of sp³-hybridized carbons (Fsp3) is 0.864. The molecule has 0 radical (unpaired) electrons. The van der Waals surface area contributed by atoms with Gasteiger partial charge in [0.1, 0.15) is 0 Å². The minimum Gasteiger partial charge on any atom is -0.481 e. The van der Waals surface area contributed by atoms with E-state index in [2.05, 4.69) is 20.8 Å². The van der Waals surface area contributed by atoms with Crippen LogP contribution in [0.1, 0.15) is 52.9 Å². The van der Waals surface area contributed by atoms with Crippen LogP contribution in [0.4, 0.5) is 0 Å². The van der Waals surface area contributed by atoms with Gasteiger partial charge in [0.15, 0.2) is 6.29 Å². The van der Waals surface area contributed by atoms with Crippen molar-refractivity contribution in [1.29, 1.82) is 0 Å². The van der Waals surface area contributed by atoms with Crippen LogP contribution in [0.5, 0.6) is 0 Å². The molecule has 0 spiro atoms. The van der Waals surface area contributed by atoms with E-state index >= 15 is 0 Å². The Labute approximate surface area is 167 Å². The maximum atomic E-state index is 12.5. The average molecular weight is 395 g/mol. The van der Waals surface area contributed by atoms with E-state index in [-0.39, 0.29) is 35.6 Å². The van der Waals surface area contributed by atoms with E-state index in [0.717, 1.165) is 18.4 Å². The van der Waals surface area contributed by atoms with Crippen molar-refractivity contribution in [2.75, 3.05) is 14.2 Å². The molecule has 2 saturated carbocycles. The topological polar surface area (TPSA) is 85.2 Å². The number of aliphatic hydroxyl groups excluding tert-OH is 1. The molecule has 1 saturated heterocycles. The highest BCUT2D eigenvalue weighted by molar-refractivity contribution is 5.81. The van der Waals surface area contributed by atoms with Crippen molar-refractivity contribution < 1.29 is 29.2 Å². The molecule has 28 heavy (non-hydrogen) atoms. The molecule has 0 amide bonds. The Morgan fingerprint density at radius 2 is 1.93 bits per heavy atom. The number of aliphatic carboxylic acids is 1. The predicted octanol–water partition coefficient (Wildman–Crippen LogP) is 2.99. The van der Waals surface area contributed by atoms with Crippen LogP contribution in [0, 0.1) is 28.6 Å². The molecule has 158 valence electrons. The van der Waals surface area contributed by atoms with Gasteiger partial charge in [-0.15, -0.1) is 0 Å².